The summed E-state index contributed by atoms with van der Waals surface area (Å²) < 4.78 is 5.23. The van der Waals surface area contributed by atoms with Crippen LogP contribution in [-0.2, 0) is 11.2 Å². The fourth-order valence-electron chi connectivity index (χ4n) is 3.95. The quantitative estimate of drug-likeness (QED) is 0.734. The maximum Gasteiger partial charge on any atom is 0.243 e. The van der Waals surface area contributed by atoms with Crippen LogP contribution in [0.5, 0.6) is 5.75 Å². The lowest BCUT2D eigenvalue weighted by Gasteiger charge is -2.26. The Morgan fingerprint density at radius 2 is 1.66 bits per heavy atom. The molecule has 2 aromatic carbocycles. The molecule has 1 atom stereocenters. The van der Waals surface area contributed by atoms with Crippen LogP contribution in [0.15, 0.2) is 48.5 Å². The van der Waals surface area contributed by atoms with Gasteiger partial charge in [0.25, 0.3) is 0 Å². The van der Waals surface area contributed by atoms with Gasteiger partial charge in [0.2, 0.25) is 5.91 Å². The third-order valence-corrected chi connectivity index (χ3v) is 5.74. The molecule has 1 aliphatic heterocycles. The minimum atomic E-state index is -0.567. The van der Waals surface area contributed by atoms with Crippen molar-refractivity contribution in [2.45, 2.75) is 45.8 Å². The van der Waals surface area contributed by atoms with Crippen LogP contribution in [0.25, 0.3) is 0 Å². The maximum atomic E-state index is 13.0. The standard InChI is InChI=1S/C24H33N3O2/c1-6-26(7-2)20-12-10-19(11-13-20)22-25-24(3,4)23(28)27(22)17-16-18-8-14-21(29-5)15-9-18/h8-15,22,25H,6-7,16-17H2,1-5H3. The predicted octanol–water partition coefficient (Wildman–Crippen LogP) is 3.99. The number of rotatable bonds is 8. The molecule has 1 saturated heterocycles. The molecule has 29 heavy (non-hydrogen) atoms. The van der Waals surface area contributed by atoms with Gasteiger partial charge in [-0.25, -0.2) is 0 Å². The highest BCUT2D eigenvalue weighted by atomic mass is 16.5. The van der Waals surface area contributed by atoms with Crippen molar-refractivity contribution in [3.63, 3.8) is 0 Å². The van der Waals surface area contributed by atoms with E-state index < -0.39 is 5.54 Å². The smallest absolute Gasteiger partial charge is 0.243 e. The Morgan fingerprint density at radius 3 is 2.21 bits per heavy atom. The molecule has 1 unspecified atom stereocenters. The van der Waals surface area contributed by atoms with Crippen LogP contribution in [0.1, 0.15) is 45.0 Å². The first-order valence-corrected chi connectivity index (χ1v) is 10.5. The first-order valence-electron chi connectivity index (χ1n) is 10.5. The fourth-order valence-corrected chi connectivity index (χ4v) is 3.95. The van der Waals surface area contributed by atoms with Crippen LogP contribution in [0, 0.1) is 0 Å². The van der Waals surface area contributed by atoms with Gasteiger partial charge in [0, 0.05) is 25.3 Å². The van der Waals surface area contributed by atoms with Crippen LogP contribution in [0.3, 0.4) is 0 Å². The molecule has 0 bridgehead atoms. The van der Waals surface area contributed by atoms with Crippen molar-refractivity contribution in [2.24, 2.45) is 0 Å². The molecule has 0 spiro atoms. The van der Waals surface area contributed by atoms with Gasteiger partial charge in [-0.15, -0.1) is 0 Å². The predicted molar refractivity (Wildman–Crippen MR) is 118 cm³/mol. The van der Waals surface area contributed by atoms with Crippen molar-refractivity contribution in [1.29, 1.82) is 0 Å². The number of ether oxygens (including phenoxy) is 1. The number of hydrogen-bond donors (Lipinski definition) is 1. The molecular weight excluding hydrogens is 362 g/mol. The minimum absolute atomic E-state index is 0.110. The van der Waals surface area contributed by atoms with E-state index in [9.17, 15) is 4.79 Å². The summed E-state index contributed by atoms with van der Waals surface area (Å²) in [4.78, 5) is 17.3. The molecule has 0 radical (unpaired) electrons. The summed E-state index contributed by atoms with van der Waals surface area (Å²) in [6.07, 6.45) is 0.697. The molecule has 3 rings (SSSR count). The van der Waals surface area contributed by atoms with Crippen LogP contribution in [0.2, 0.25) is 0 Å². The monoisotopic (exact) mass is 395 g/mol. The lowest BCUT2D eigenvalue weighted by atomic mass is 10.1. The molecule has 5 nitrogen and oxygen atoms in total. The average Bonchev–Trinajstić information content (AvgIpc) is 2.97. The van der Waals surface area contributed by atoms with E-state index in [0.717, 1.165) is 30.8 Å². The number of benzene rings is 2. The second-order valence-corrected chi connectivity index (χ2v) is 8.03. The zero-order valence-electron chi connectivity index (χ0n) is 18.2. The first-order chi connectivity index (χ1) is 13.9. The van der Waals surface area contributed by atoms with Gasteiger partial charge in [0.15, 0.2) is 0 Å². The Hall–Kier alpha value is -2.53. The van der Waals surface area contributed by atoms with E-state index in [-0.39, 0.29) is 12.1 Å². The molecule has 5 heteroatoms. The van der Waals surface area contributed by atoms with Gasteiger partial charge in [0.1, 0.15) is 11.9 Å². The average molecular weight is 396 g/mol. The Kier molecular flexibility index (Phi) is 6.48. The van der Waals surface area contributed by atoms with Crippen molar-refractivity contribution in [1.82, 2.24) is 10.2 Å². The number of carbonyl (C=O) groups excluding carboxylic acids is 1. The summed E-state index contributed by atoms with van der Waals surface area (Å²) >= 11 is 0. The van der Waals surface area contributed by atoms with E-state index in [1.54, 1.807) is 7.11 Å². The van der Waals surface area contributed by atoms with Crippen LogP contribution >= 0.6 is 0 Å². The van der Waals surface area contributed by atoms with Crippen LogP contribution < -0.4 is 15.0 Å². The van der Waals surface area contributed by atoms with E-state index in [0.29, 0.717) is 6.54 Å². The molecule has 0 aromatic heterocycles. The SMILES string of the molecule is CCN(CC)c1ccc(C2NC(C)(C)C(=O)N2CCc2ccc(OC)cc2)cc1. The van der Waals surface area contributed by atoms with Gasteiger partial charge in [-0.3, -0.25) is 10.1 Å². The van der Waals surface area contributed by atoms with Crippen molar-refractivity contribution >= 4 is 11.6 Å². The van der Waals surface area contributed by atoms with E-state index in [1.165, 1.54) is 11.3 Å². The Labute approximate surface area is 174 Å². The third-order valence-electron chi connectivity index (χ3n) is 5.74. The van der Waals surface area contributed by atoms with Gasteiger partial charge in [-0.2, -0.15) is 0 Å². The summed E-state index contributed by atoms with van der Waals surface area (Å²) in [5.74, 6) is 0.990. The van der Waals surface area contributed by atoms with Crippen molar-refractivity contribution in [2.75, 3.05) is 31.6 Å². The van der Waals surface area contributed by atoms with Crippen molar-refractivity contribution < 1.29 is 9.53 Å². The van der Waals surface area contributed by atoms with E-state index in [4.69, 9.17) is 4.74 Å². The topological polar surface area (TPSA) is 44.8 Å². The molecule has 1 amide bonds. The minimum Gasteiger partial charge on any atom is -0.497 e. The number of carbonyl (C=O) groups is 1. The van der Waals surface area contributed by atoms with E-state index >= 15 is 0 Å². The lowest BCUT2D eigenvalue weighted by Crippen LogP contribution is -2.40. The summed E-state index contributed by atoms with van der Waals surface area (Å²) in [7, 11) is 1.67. The number of nitrogens with one attached hydrogen (secondary N) is 1. The van der Waals surface area contributed by atoms with Gasteiger partial charge < -0.3 is 14.5 Å². The molecule has 1 fully saturated rings. The molecule has 1 heterocycles. The summed E-state index contributed by atoms with van der Waals surface area (Å²) in [6, 6.07) is 16.6. The number of methoxy groups -OCH3 is 1. The second-order valence-electron chi connectivity index (χ2n) is 8.03. The van der Waals surface area contributed by atoms with Gasteiger partial charge in [0.05, 0.1) is 12.6 Å². The van der Waals surface area contributed by atoms with Gasteiger partial charge in [-0.05, 0) is 69.5 Å². The Morgan fingerprint density at radius 1 is 1.03 bits per heavy atom. The molecule has 0 aliphatic carbocycles. The highest BCUT2D eigenvalue weighted by Gasteiger charge is 2.44. The zero-order chi connectivity index (χ0) is 21.0. The summed E-state index contributed by atoms with van der Waals surface area (Å²) in [5.41, 5.74) is 2.96. The molecule has 2 aromatic rings. The summed E-state index contributed by atoms with van der Waals surface area (Å²) in [6.45, 7) is 10.9. The largest absolute Gasteiger partial charge is 0.497 e. The van der Waals surface area contributed by atoms with Gasteiger partial charge >= 0.3 is 0 Å². The molecular formula is C24H33N3O2. The molecule has 0 saturated carbocycles. The van der Waals surface area contributed by atoms with Crippen LogP contribution in [-0.4, -0.2) is 43.1 Å². The Bertz CT molecular complexity index is 811. The normalized spacial score (nSPS) is 18.2. The van der Waals surface area contributed by atoms with E-state index in [2.05, 4.69) is 60.5 Å². The van der Waals surface area contributed by atoms with Crippen molar-refractivity contribution in [3.8, 4) is 5.75 Å². The first kappa shape index (κ1) is 21.2. The highest BCUT2D eigenvalue weighted by molar-refractivity contribution is 5.88. The third kappa shape index (κ3) is 4.56. The number of nitrogens with zero attached hydrogens (tertiary/aromatic N) is 2. The second kappa shape index (κ2) is 8.87. The lowest BCUT2D eigenvalue weighted by molar-refractivity contribution is -0.132. The van der Waals surface area contributed by atoms with Crippen molar-refractivity contribution in [3.05, 3.63) is 59.7 Å². The summed E-state index contributed by atoms with van der Waals surface area (Å²) in [5, 5.41) is 3.52. The number of hydrogen-bond acceptors (Lipinski definition) is 4. The molecule has 156 valence electrons. The Balaban J connectivity index is 1.77. The molecule has 1 N–H and O–H groups in total. The fraction of sp³-hybridized carbons (Fsp3) is 0.458. The van der Waals surface area contributed by atoms with E-state index in [1.807, 2.05) is 30.9 Å². The maximum absolute atomic E-state index is 13.0. The molecule has 1 aliphatic rings. The highest BCUT2D eigenvalue weighted by Crippen LogP contribution is 2.31. The van der Waals surface area contributed by atoms with Crippen LogP contribution in [0.4, 0.5) is 5.69 Å². The zero-order valence-corrected chi connectivity index (χ0v) is 18.2. The van der Waals surface area contributed by atoms with Gasteiger partial charge in [-0.1, -0.05) is 24.3 Å². The number of amides is 1. The number of anilines is 1.